The standard InChI is InChI=1S/2C13H10N4.2BF4.Pd/c2*1-2-6-11(7-3-1)12-10-17(16-15-12)13-8-4-5-9-14-13;2*2-1(3,4)5;/h2*1-10H;;;/q;;2*-1;+2. The molecule has 8 nitrogen and oxygen atoms in total. The summed E-state index contributed by atoms with van der Waals surface area (Å²) in [5.74, 6) is 1.53. The van der Waals surface area contributed by atoms with Gasteiger partial charge in [-0.05, 0) is 24.3 Å². The first-order valence-electron chi connectivity index (χ1n) is 12.4. The van der Waals surface area contributed by atoms with E-state index in [4.69, 9.17) is 0 Å². The first-order chi connectivity index (χ1) is 20.9. The molecule has 4 heterocycles. The van der Waals surface area contributed by atoms with Crippen molar-refractivity contribution in [2.24, 2.45) is 0 Å². The van der Waals surface area contributed by atoms with Crippen LogP contribution in [0.5, 0.6) is 0 Å². The van der Waals surface area contributed by atoms with Gasteiger partial charge in [0.15, 0.2) is 11.6 Å². The maximum absolute atomic E-state index is 9.75. The molecule has 0 aliphatic rings. The quantitative estimate of drug-likeness (QED) is 0.141. The zero-order valence-electron chi connectivity index (χ0n) is 22.6. The van der Waals surface area contributed by atoms with Crippen LogP contribution in [0, 0.1) is 0 Å². The maximum atomic E-state index is 9.75. The van der Waals surface area contributed by atoms with Gasteiger partial charge < -0.3 is 34.5 Å². The van der Waals surface area contributed by atoms with E-state index in [1.165, 1.54) is 0 Å². The SMILES string of the molecule is F[B-](F)(F)F.F[B-](F)(F)F.[Pd+2].c1ccc(-c2cn(-c3ccccn3)nn2)cc1.c1ccc(-c2cn(-c3ccccn3)nn2)cc1. The predicted molar refractivity (Wildman–Crippen MR) is 150 cm³/mol. The molecule has 2 aromatic carbocycles. The van der Waals surface area contributed by atoms with E-state index in [2.05, 4.69) is 30.6 Å². The van der Waals surface area contributed by atoms with Gasteiger partial charge in [-0.1, -0.05) is 83.2 Å². The Morgan fingerprint density at radius 1 is 0.444 bits per heavy atom. The van der Waals surface area contributed by atoms with E-state index in [0.29, 0.717) is 0 Å². The summed E-state index contributed by atoms with van der Waals surface area (Å²) in [4.78, 5) is 8.43. The molecule has 45 heavy (non-hydrogen) atoms. The molecular formula is C26H20B2F8N8Pd. The number of aromatic nitrogens is 8. The summed E-state index contributed by atoms with van der Waals surface area (Å²) >= 11 is 0. The zero-order valence-corrected chi connectivity index (χ0v) is 24.2. The van der Waals surface area contributed by atoms with Crippen molar-refractivity contribution >= 4 is 14.5 Å². The van der Waals surface area contributed by atoms with Gasteiger partial charge in [0.25, 0.3) is 0 Å². The third-order valence-electron chi connectivity index (χ3n) is 4.89. The molecule has 6 aromatic rings. The zero-order chi connectivity index (χ0) is 32.0. The molecule has 0 fully saturated rings. The Hall–Kier alpha value is -4.75. The second-order valence-corrected chi connectivity index (χ2v) is 8.19. The summed E-state index contributed by atoms with van der Waals surface area (Å²) in [5.41, 5.74) is 3.79. The molecule has 0 saturated carbocycles. The van der Waals surface area contributed by atoms with E-state index in [1.54, 1.807) is 21.8 Å². The van der Waals surface area contributed by atoms with Crippen molar-refractivity contribution in [1.29, 1.82) is 0 Å². The monoisotopic (exact) mass is 724 g/mol. The second kappa shape index (κ2) is 17.5. The second-order valence-electron chi connectivity index (χ2n) is 8.19. The van der Waals surface area contributed by atoms with E-state index >= 15 is 0 Å². The molecule has 19 heteroatoms. The van der Waals surface area contributed by atoms with Crippen LogP contribution in [0.25, 0.3) is 34.2 Å². The summed E-state index contributed by atoms with van der Waals surface area (Å²) in [6, 6.07) is 31.3. The van der Waals surface area contributed by atoms with Crippen molar-refractivity contribution in [1.82, 2.24) is 40.0 Å². The Morgan fingerprint density at radius 2 is 0.756 bits per heavy atom. The Kier molecular flexibility index (Phi) is 14.2. The van der Waals surface area contributed by atoms with Gasteiger partial charge in [0.05, 0.1) is 12.4 Å². The summed E-state index contributed by atoms with van der Waals surface area (Å²) < 4.78 is 81.3. The van der Waals surface area contributed by atoms with Crippen LogP contribution in [0.15, 0.2) is 122 Å². The van der Waals surface area contributed by atoms with Crippen LogP contribution in [-0.4, -0.2) is 54.5 Å². The molecule has 0 amide bonds. The Morgan fingerprint density at radius 3 is 1.04 bits per heavy atom. The van der Waals surface area contributed by atoms with Crippen LogP contribution in [0.4, 0.5) is 34.5 Å². The number of hydrogen-bond acceptors (Lipinski definition) is 6. The van der Waals surface area contributed by atoms with E-state index in [0.717, 1.165) is 34.2 Å². The van der Waals surface area contributed by atoms with Gasteiger partial charge in [-0.25, -0.2) is 19.3 Å². The fourth-order valence-electron chi connectivity index (χ4n) is 3.21. The number of rotatable bonds is 4. The molecule has 0 spiro atoms. The Balaban J connectivity index is 0.000000239. The van der Waals surface area contributed by atoms with Crippen molar-refractivity contribution < 1.29 is 54.9 Å². The minimum absolute atomic E-state index is 0. The van der Waals surface area contributed by atoms with Crippen LogP contribution in [0.1, 0.15) is 0 Å². The van der Waals surface area contributed by atoms with Gasteiger partial charge in [-0.3, -0.25) is 0 Å². The molecule has 236 valence electrons. The van der Waals surface area contributed by atoms with Crippen LogP contribution in [-0.2, 0) is 20.4 Å². The number of hydrogen-bond donors (Lipinski definition) is 0. The molecule has 0 unspecified atom stereocenters. The smallest absolute Gasteiger partial charge is 0.418 e. The minimum atomic E-state index is -6.00. The van der Waals surface area contributed by atoms with Gasteiger partial charge in [0.1, 0.15) is 11.4 Å². The normalized spacial score (nSPS) is 10.5. The number of halogens is 8. The van der Waals surface area contributed by atoms with Gasteiger partial charge in [0, 0.05) is 23.5 Å². The van der Waals surface area contributed by atoms with Gasteiger partial charge >= 0.3 is 34.9 Å². The van der Waals surface area contributed by atoms with Crippen molar-refractivity contribution in [3.8, 4) is 34.2 Å². The van der Waals surface area contributed by atoms with Crippen LogP contribution < -0.4 is 0 Å². The molecule has 0 atom stereocenters. The topological polar surface area (TPSA) is 87.2 Å². The summed E-state index contributed by atoms with van der Waals surface area (Å²) in [6.45, 7) is 0. The van der Waals surface area contributed by atoms with Gasteiger partial charge in [-0.2, -0.15) is 0 Å². The van der Waals surface area contributed by atoms with Crippen molar-refractivity contribution in [3.05, 3.63) is 122 Å². The van der Waals surface area contributed by atoms with Crippen LogP contribution >= 0.6 is 0 Å². The molecule has 0 aliphatic heterocycles. The Bertz CT molecular complexity index is 1410. The van der Waals surface area contributed by atoms with Gasteiger partial charge in [0.2, 0.25) is 0 Å². The van der Waals surface area contributed by atoms with E-state index in [-0.39, 0.29) is 20.4 Å². The van der Waals surface area contributed by atoms with E-state index < -0.39 is 14.5 Å². The summed E-state index contributed by atoms with van der Waals surface area (Å²) in [5, 5.41) is 16.4. The molecule has 0 aliphatic carbocycles. The number of benzene rings is 2. The predicted octanol–water partition coefficient (Wildman–Crippen LogP) is 7.26. The average Bonchev–Trinajstić information content (AvgIpc) is 3.69. The molecule has 0 radical (unpaired) electrons. The van der Waals surface area contributed by atoms with Crippen molar-refractivity contribution in [2.75, 3.05) is 0 Å². The van der Waals surface area contributed by atoms with Gasteiger partial charge in [-0.15, -0.1) is 10.2 Å². The first-order valence-corrected chi connectivity index (χ1v) is 12.4. The molecule has 0 bridgehead atoms. The summed E-state index contributed by atoms with van der Waals surface area (Å²) in [6.07, 6.45) is 7.22. The maximum Gasteiger partial charge on any atom is 2.00 e. The van der Waals surface area contributed by atoms with Crippen molar-refractivity contribution in [3.63, 3.8) is 0 Å². The summed E-state index contributed by atoms with van der Waals surface area (Å²) in [7, 11) is -12.0. The largest absolute Gasteiger partial charge is 2.00 e. The molecule has 6 rings (SSSR count). The molecule has 4 aromatic heterocycles. The Labute approximate surface area is 265 Å². The number of nitrogens with zero attached hydrogens (tertiary/aromatic N) is 8. The van der Waals surface area contributed by atoms with E-state index in [9.17, 15) is 34.5 Å². The fraction of sp³-hybridized carbons (Fsp3) is 0. The van der Waals surface area contributed by atoms with Crippen LogP contribution in [0.2, 0.25) is 0 Å². The third kappa shape index (κ3) is 14.5. The van der Waals surface area contributed by atoms with E-state index in [1.807, 2.05) is 109 Å². The fourth-order valence-corrected chi connectivity index (χ4v) is 3.21. The van der Waals surface area contributed by atoms with Crippen molar-refractivity contribution in [2.45, 2.75) is 0 Å². The molecule has 0 N–H and O–H groups in total. The molecule has 0 saturated heterocycles. The van der Waals surface area contributed by atoms with Crippen LogP contribution in [0.3, 0.4) is 0 Å². The third-order valence-corrected chi connectivity index (χ3v) is 4.89. The molecular weight excluding hydrogens is 704 g/mol. The average molecular weight is 725 g/mol. The number of pyridine rings is 2. The first kappa shape index (κ1) is 36.4. The minimum Gasteiger partial charge on any atom is -0.418 e.